The van der Waals surface area contributed by atoms with E-state index in [1.165, 1.54) is 55.7 Å². The van der Waals surface area contributed by atoms with Crippen LogP contribution >= 0.6 is 0 Å². The van der Waals surface area contributed by atoms with Crippen LogP contribution in [-0.2, 0) is 0 Å². The summed E-state index contributed by atoms with van der Waals surface area (Å²) in [5, 5.41) is 0. The second-order valence-electron chi connectivity index (χ2n) is 12.8. The molecule has 50 heavy (non-hydrogen) atoms. The highest BCUT2D eigenvalue weighted by molar-refractivity contribution is 6.92. The van der Waals surface area contributed by atoms with Gasteiger partial charge in [-0.1, -0.05) is 103 Å². The Kier molecular flexibility index (Phi) is 6.56. The zero-order valence-electron chi connectivity index (χ0n) is 27.1. The SMILES string of the molecule is c1ccc(-c2ccc3c(c2)-c2ccccc2B2c4ccccc4-c4cc(-c5cc(-c6ccccn6)nc(-c6ccccn6)c5)ccc4N23)cc1. The highest BCUT2D eigenvalue weighted by Crippen LogP contribution is 2.48. The van der Waals surface area contributed by atoms with Crippen LogP contribution in [0.1, 0.15) is 0 Å². The van der Waals surface area contributed by atoms with Crippen LogP contribution in [0.4, 0.5) is 11.4 Å². The fourth-order valence-corrected chi connectivity index (χ4v) is 7.72. The van der Waals surface area contributed by atoms with Crippen molar-refractivity contribution >= 4 is 29.1 Å². The Labute approximate surface area is 291 Å². The van der Waals surface area contributed by atoms with E-state index < -0.39 is 0 Å². The van der Waals surface area contributed by atoms with Crippen molar-refractivity contribution in [3.8, 4) is 67.3 Å². The highest BCUT2D eigenvalue weighted by atomic mass is 15.1. The van der Waals surface area contributed by atoms with Gasteiger partial charge in [-0.15, -0.1) is 0 Å². The summed E-state index contributed by atoms with van der Waals surface area (Å²) in [5.74, 6) is 0. The third-order valence-electron chi connectivity index (χ3n) is 9.98. The molecule has 0 bridgehead atoms. The summed E-state index contributed by atoms with van der Waals surface area (Å²) in [6, 6.07) is 58.5. The van der Waals surface area contributed by atoms with Crippen molar-refractivity contribution < 1.29 is 0 Å². The summed E-state index contributed by atoms with van der Waals surface area (Å²) >= 11 is 0. The monoisotopic (exact) mass is 636 g/mol. The Hall–Kier alpha value is -6.59. The lowest BCUT2D eigenvalue weighted by atomic mass is 9.43. The number of nitrogens with zero attached hydrogens (tertiary/aromatic N) is 4. The normalized spacial score (nSPS) is 12.3. The largest absolute Gasteiger partial charge is 0.376 e. The van der Waals surface area contributed by atoms with Crippen molar-refractivity contribution in [1.29, 1.82) is 0 Å². The van der Waals surface area contributed by atoms with Crippen LogP contribution in [0, 0.1) is 0 Å². The predicted molar refractivity (Wildman–Crippen MR) is 206 cm³/mol. The first kappa shape index (κ1) is 28.4. The molecule has 2 aliphatic heterocycles. The van der Waals surface area contributed by atoms with Gasteiger partial charge in [0, 0.05) is 34.9 Å². The fraction of sp³-hybridized carbons (Fsp3) is 0. The average molecular weight is 637 g/mol. The fourth-order valence-electron chi connectivity index (χ4n) is 7.72. The van der Waals surface area contributed by atoms with Gasteiger partial charge in [0.05, 0.1) is 22.8 Å². The molecule has 0 fully saturated rings. The molecule has 232 valence electrons. The van der Waals surface area contributed by atoms with Gasteiger partial charge >= 0.3 is 6.85 Å². The molecule has 0 amide bonds. The first-order valence-electron chi connectivity index (χ1n) is 17.0. The van der Waals surface area contributed by atoms with Crippen LogP contribution in [0.5, 0.6) is 0 Å². The molecule has 8 aromatic rings. The molecule has 0 radical (unpaired) electrons. The van der Waals surface area contributed by atoms with Crippen LogP contribution in [0.15, 0.2) is 176 Å². The van der Waals surface area contributed by atoms with Gasteiger partial charge in [-0.3, -0.25) is 9.97 Å². The minimum atomic E-state index is 0.0586. The number of aromatic nitrogens is 3. The van der Waals surface area contributed by atoms with Gasteiger partial charge in [-0.25, -0.2) is 4.98 Å². The molecular formula is C45H29BN4. The van der Waals surface area contributed by atoms with E-state index in [4.69, 9.17) is 4.98 Å². The molecule has 0 unspecified atom stereocenters. The third kappa shape index (κ3) is 4.59. The number of rotatable bonds is 4. The van der Waals surface area contributed by atoms with Crippen LogP contribution in [0.2, 0.25) is 0 Å². The van der Waals surface area contributed by atoms with Gasteiger partial charge in [-0.2, -0.15) is 0 Å². The quantitative estimate of drug-likeness (QED) is 0.181. The summed E-state index contributed by atoms with van der Waals surface area (Å²) in [4.78, 5) is 16.9. The van der Waals surface area contributed by atoms with Gasteiger partial charge in [-0.05, 0) is 105 Å². The number of hydrogen-bond donors (Lipinski definition) is 0. The van der Waals surface area contributed by atoms with Crippen LogP contribution < -0.4 is 15.7 Å². The third-order valence-corrected chi connectivity index (χ3v) is 9.98. The van der Waals surface area contributed by atoms with Crippen molar-refractivity contribution in [3.63, 3.8) is 0 Å². The molecule has 2 aliphatic rings. The minimum absolute atomic E-state index is 0.0586. The molecule has 5 heteroatoms. The average Bonchev–Trinajstić information content (AvgIpc) is 3.21. The molecular weight excluding hydrogens is 607 g/mol. The molecule has 0 aliphatic carbocycles. The zero-order valence-corrected chi connectivity index (χ0v) is 27.1. The number of anilines is 2. The number of hydrogen-bond acceptors (Lipinski definition) is 4. The Bertz CT molecular complexity index is 2490. The first-order chi connectivity index (χ1) is 24.8. The molecule has 0 saturated heterocycles. The van der Waals surface area contributed by atoms with Gasteiger partial charge in [0.25, 0.3) is 0 Å². The van der Waals surface area contributed by atoms with Gasteiger partial charge in [0.2, 0.25) is 0 Å². The second kappa shape index (κ2) is 11.5. The molecule has 0 N–H and O–H groups in total. The maximum atomic E-state index is 5.02. The predicted octanol–water partition coefficient (Wildman–Crippen LogP) is 9.44. The maximum Gasteiger partial charge on any atom is 0.329 e. The van der Waals surface area contributed by atoms with Crippen LogP contribution in [0.3, 0.4) is 0 Å². The molecule has 10 rings (SSSR count). The Morgan fingerprint density at radius 1 is 0.360 bits per heavy atom. The van der Waals surface area contributed by atoms with E-state index in [9.17, 15) is 0 Å². The number of pyridine rings is 3. The first-order valence-corrected chi connectivity index (χ1v) is 17.0. The van der Waals surface area contributed by atoms with Gasteiger partial charge < -0.3 is 4.81 Å². The molecule has 3 aromatic heterocycles. The summed E-state index contributed by atoms with van der Waals surface area (Å²) in [7, 11) is 0. The van der Waals surface area contributed by atoms with E-state index in [2.05, 4.69) is 142 Å². The second-order valence-corrected chi connectivity index (χ2v) is 12.8. The van der Waals surface area contributed by atoms with Gasteiger partial charge in [0.15, 0.2) is 0 Å². The lowest BCUT2D eigenvalue weighted by Gasteiger charge is -2.43. The summed E-state index contributed by atoms with van der Waals surface area (Å²) in [6.45, 7) is 0.0586. The van der Waals surface area contributed by atoms with Gasteiger partial charge in [0.1, 0.15) is 0 Å². The summed E-state index contributed by atoms with van der Waals surface area (Å²) in [6.07, 6.45) is 3.63. The molecule has 5 heterocycles. The summed E-state index contributed by atoms with van der Waals surface area (Å²) < 4.78 is 0. The zero-order chi connectivity index (χ0) is 33.0. The van der Waals surface area contributed by atoms with Crippen molar-refractivity contribution in [2.75, 3.05) is 4.81 Å². The van der Waals surface area contributed by atoms with Crippen molar-refractivity contribution in [2.45, 2.75) is 0 Å². The van der Waals surface area contributed by atoms with E-state index in [0.717, 1.165) is 33.9 Å². The van der Waals surface area contributed by atoms with E-state index in [1.54, 1.807) is 0 Å². The minimum Gasteiger partial charge on any atom is -0.376 e. The Morgan fingerprint density at radius 3 is 1.40 bits per heavy atom. The Morgan fingerprint density at radius 2 is 0.860 bits per heavy atom. The Balaban J connectivity index is 1.18. The van der Waals surface area contributed by atoms with Crippen LogP contribution in [0.25, 0.3) is 67.3 Å². The van der Waals surface area contributed by atoms with Crippen molar-refractivity contribution in [1.82, 2.24) is 15.0 Å². The van der Waals surface area contributed by atoms with Crippen LogP contribution in [-0.4, -0.2) is 21.8 Å². The van der Waals surface area contributed by atoms with Crippen molar-refractivity contribution in [3.05, 3.63) is 176 Å². The van der Waals surface area contributed by atoms with E-state index in [-0.39, 0.29) is 6.85 Å². The molecule has 0 atom stereocenters. The molecule has 0 saturated carbocycles. The number of fused-ring (bicyclic) bond motifs is 11. The smallest absolute Gasteiger partial charge is 0.329 e. The standard InChI is InChI=1S/C45H29BN4/c1-2-12-30(13-3-1)31-20-22-44-36(26-31)34-14-4-6-16-38(34)46-39-17-7-5-15-35(39)37-27-32(21-23-45(37)50(44)46)33-28-42(40-18-8-10-24-47-40)49-43(29-33)41-19-9-11-25-48-41/h1-29H. The van der Waals surface area contributed by atoms with E-state index in [1.807, 2.05) is 48.8 Å². The molecule has 0 spiro atoms. The lowest BCUT2D eigenvalue weighted by Crippen LogP contribution is -2.59. The molecule has 4 nitrogen and oxygen atoms in total. The van der Waals surface area contributed by atoms with Crippen molar-refractivity contribution in [2.24, 2.45) is 0 Å². The highest BCUT2D eigenvalue weighted by Gasteiger charge is 2.42. The van der Waals surface area contributed by atoms with E-state index >= 15 is 0 Å². The maximum absolute atomic E-state index is 5.02. The molecule has 5 aromatic carbocycles. The lowest BCUT2D eigenvalue weighted by molar-refractivity contribution is 1.22. The number of benzene rings is 5. The van der Waals surface area contributed by atoms with E-state index in [0.29, 0.717) is 0 Å². The topological polar surface area (TPSA) is 41.9 Å². The summed E-state index contributed by atoms with van der Waals surface area (Å²) in [5.41, 5.74) is 18.0.